The van der Waals surface area contributed by atoms with Crippen LogP contribution in [-0.2, 0) is 12.8 Å². The van der Waals surface area contributed by atoms with Gasteiger partial charge in [-0.2, -0.15) is 13.2 Å². The average Bonchev–Trinajstić information content (AvgIpc) is 2.73. The zero-order valence-corrected chi connectivity index (χ0v) is 16.6. The molecular weight excluding hydrogens is 433 g/mol. The number of imide groups is 1. The number of benzene rings is 3. The van der Waals surface area contributed by atoms with Crippen molar-refractivity contribution in [3.63, 3.8) is 0 Å². The van der Waals surface area contributed by atoms with Gasteiger partial charge in [0.15, 0.2) is 0 Å². The summed E-state index contributed by atoms with van der Waals surface area (Å²) in [7, 11) is 0. The van der Waals surface area contributed by atoms with Crippen molar-refractivity contribution in [1.29, 1.82) is 0 Å². The molecule has 160 valence electrons. The Morgan fingerprint density at radius 2 is 1.61 bits per heavy atom. The first-order chi connectivity index (χ1) is 14.7. The second kappa shape index (κ2) is 9.53. The van der Waals surface area contributed by atoms with Crippen LogP contribution in [0.25, 0.3) is 0 Å². The summed E-state index contributed by atoms with van der Waals surface area (Å²) in [6, 6.07) is 16.9. The van der Waals surface area contributed by atoms with Gasteiger partial charge in [-0.1, -0.05) is 54.1 Å². The summed E-state index contributed by atoms with van der Waals surface area (Å²) < 4.78 is 45.8. The van der Waals surface area contributed by atoms with Crippen LogP contribution < -0.4 is 15.4 Å². The van der Waals surface area contributed by atoms with Gasteiger partial charge in [0.05, 0.1) is 16.1 Å². The van der Waals surface area contributed by atoms with Gasteiger partial charge in [0.1, 0.15) is 12.4 Å². The van der Waals surface area contributed by atoms with Crippen LogP contribution in [0.4, 0.5) is 23.7 Å². The van der Waals surface area contributed by atoms with Crippen LogP contribution in [-0.4, -0.2) is 11.9 Å². The number of nitrogens with one attached hydrogen (secondary N) is 2. The molecule has 0 aromatic heterocycles. The number of hydrogen-bond donors (Lipinski definition) is 2. The largest absolute Gasteiger partial charge is 0.488 e. The number of rotatable bonds is 5. The molecule has 3 aromatic rings. The molecule has 9 heteroatoms. The Balaban J connectivity index is 1.72. The van der Waals surface area contributed by atoms with Crippen LogP contribution in [0.5, 0.6) is 5.75 Å². The van der Waals surface area contributed by atoms with E-state index in [0.717, 1.165) is 12.1 Å². The minimum atomic E-state index is -4.71. The number of alkyl halides is 3. The van der Waals surface area contributed by atoms with Crippen LogP contribution in [0.1, 0.15) is 21.5 Å². The monoisotopic (exact) mass is 448 g/mol. The number of ether oxygens (including phenoxy) is 1. The fourth-order valence-electron chi connectivity index (χ4n) is 2.67. The predicted octanol–water partition coefficient (Wildman–Crippen LogP) is 5.90. The van der Waals surface area contributed by atoms with Crippen molar-refractivity contribution in [2.45, 2.75) is 12.8 Å². The van der Waals surface area contributed by atoms with Crippen molar-refractivity contribution < 1.29 is 27.5 Å². The Kier molecular flexibility index (Phi) is 6.81. The van der Waals surface area contributed by atoms with E-state index in [1.54, 1.807) is 42.5 Å². The lowest BCUT2D eigenvalue weighted by Gasteiger charge is -2.16. The molecule has 0 aliphatic carbocycles. The second-order valence-corrected chi connectivity index (χ2v) is 6.78. The Labute approximate surface area is 180 Å². The minimum Gasteiger partial charge on any atom is -0.488 e. The average molecular weight is 449 g/mol. The summed E-state index contributed by atoms with van der Waals surface area (Å²) in [4.78, 5) is 24.2. The Morgan fingerprint density at radius 3 is 2.29 bits per heavy atom. The molecule has 0 atom stereocenters. The lowest BCUT2D eigenvalue weighted by Crippen LogP contribution is -2.34. The van der Waals surface area contributed by atoms with E-state index in [9.17, 15) is 22.8 Å². The van der Waals surface area contributed by atoms with Gasteiger partial charge >= 0.3 is 12.2 Å². The first-order valence-electron chi connectivity index (χ1n) is 8.99. The highest BCUT2D eigenvalue weighted by Gasteiger charge is 2.35. The van der Waals surface area contributed by atoms with Crippen molar-refractivity contribution in [2.75, 3.05) is 5.32 Å². The Hall–Kier alpha value is -3.52. The Morgan fingerprint density at radius 1 is 0.935 bits per heavy atom. The molecule has 0 saturated carbocycles. The molecule has 0 heterocycles. The van der Waals surface area contributed by atoms with E-state index in [2.05, 4.69) is 5.32 Å². The smallest absolute Gasteiger partial charge is 0.420 e. The van der Waals surface area contributed by atoms with Gasteiger partial charge in [-0.25, -0.2) is 4.79 Å². The third-order valence-corrected chi connectivity index (χ3v) is 4.46. The first-order valence-corrected chi connectivity index (χ1v) is 9.36. The van der Waals surface area contributed by atoms with E-state index in [1.165, 1.54) is 18.2 Å². The molecule has 5 nitrogen and oxygen atoms in total. The number of carbonyl (C=O) groups excluding carboxylic acids is 2. The van der Waals surface area contributed by atoms with Crippen LogP contribution in [0, 0.1) is 0 Å². The number of halogens is 4. The maximum Gasteiger partial charge on any atom is 0.420 e. The van der Waals surface area contributed by atoms with Crippen molar-refractivity contribution in [3.05, 3.63) is 94.5 Å². The van der Waals surface area contributed by atoms with E-state index < -0.39 is 23.7 Å². The summed E-state index contributed by atoms with van der Waals surface area (Å²) in [6.45, 7) is -0.0521. The lowest BCUT2D eigenvalue weighted by atomic mass is 10.1. The highest BCUT2D eigenvalue weighted by molar-refractivity contribution is 6.34. The first kappa shape index (κ1) is 22.2. The van der Waals surface area contributed by atoms with Gasteiger partial charge in [-0.05, 0) is 35.9 Å². The molecule has 0 fully saturated rings. The van der Waals surface area contributed by atoms with Crippen molar-refractivity contribution in [3.8, 4) is 5.75 Å². The zero-order chi connectivity index (χ0) is 22.4. The SMILES string of the molecule is O=C(NC(=O)c1ccccc1Cl)Nc1ccc(OCc2ccccc2)c(C(F)(F)F)c1. The third kappa shape index (κ3) is 5.99. The third-order valence-electron chi connectivity index (χ3n) is 4.13. The fraction of sp³-hybridized carbons (Fsp3) is 0.0909. The molecule has 0 unspecified atom stereocenters. The summed E-state index contributed by atoms with van der Waals surface area (Å²) in [5, 5.41) is 4.36. The summed E-state index contributed by atoms with van der Waals surface area (Å²) in [5.74, 6) is -1.17. The molecule has 0 aliphatic rings. The van der Waals surface area contributed by atoms with Crippen molar-refractivity contribution >= 4 is 29.2 Å². The molecule has 2 N–H and O–H groups in total. The highest BCUT2D eigenvalue weighted by Crippen LogP contribution is 2.38. The normalized spacial score (nSPS) is 11.0. The maximum absolute atomic E-state index is 13.5. The highest BCUT2D eigenvalue weighted by atomic mass is 35.5. The Bertz CT molecular complexity index is 1090. The van der Waals surface area contributed by atoms with E-state index in [1.807, 2.05) is 5.32 Å². The minimum absolute atomic E-state index is 0.0521. The van der Waals surface area contributed by atoms with E-state index in [-0.39, 0.29) is 28.6 Å². The van der Waals surface area contributed by atoms with Gasteiger partial charge in [-0.3, -0.25) is 10.1 Å². The molecule has 0 radical (unpaired) electrons. The van der Waals surface area contributed by atoms with Gasteiger partial charge in [0, 0.05) is 5.69 Å². The van der Waals surface area contributed by atoms with E-state index in [0.29, 0.717) is 5.56 Å². The van der Waals surface area contributed by atoms with Crippen molar-refractivity contribution in [2.24, 2.45) is 0 Å². The van der Waals surface area contributed by atoms with E-state index in [4.69, 9.17) is 16.3 Å². The molecular formula is C22H16ClF3N2O3. The van der Waals surface area contributed by atoms with Gasteiger partial charge in [-0.15, -0.1) is 0 Å². The van der Waals surface area contributed by atoms with Gasteiger partial charge < -0.3 is 10.1 Å². The van der Waals surface area contributed by atoms with Crippen LogP contribution >= 0.6 is 11.6 Å². The standard InChI is InChI=1S/C22H16ClF3N2O3/c23-18-9-5-4-8-16(18)20(29)28-21(30)27-15-10-11-19(17(12-15)22(24,25)26)31-13-14-6-2-1-3-7-14/h1-12H,13H2,(H2,27,28,29,30). The summed E-state index contributed by atoms with van der Waals surface area (Å²) >= 11 is 5.89. The second-order valence-electron chi connectivity index (χ2n) is 6.37. The number of carbonyl (C=O) groups is 2. The van der Waals surface area contributed by atoms with Gasteiger partial charge in [0.25, 0.3) is 5.91 Å². The number of amides is 3. The lowest BCUT2D eigenvalue weighted by molar-refractivity contribution is -0.139. The molecule has 3 amide bonds. The molecule has 0 aliphatic heterocycles. The zero-order valence-electron chi connectivity index (χ0n) is 15.9. The number of hydrogen-bond acceptors (Lipinski definition) is 3. The molecule has 0 saturated heterocycles. The predicted molar refractivity (Wildman–Crippen MR) is 110 cm³/mol. The quantitative estimate of drug-likeness (QED) is 0.510. The van der Waals surface area contributed by atoms with Crippen molar-refractivity contribution in [1.82, 2.24) is 5.32 Å². The van der Waals surface area contributed by atoms with Crippen LogP contribution in [0.15, 0.2) is 72.8 Å². The molecule has 3 rings (SSSR count). The molecule has 3 aromatic carbocycles. The summed E-state index contributed by atoms with van der Waals surface area (Å²) in [5.41, 5.74) is -0.460. The van der Waals surface area contributed by atoms with Gasteiger partial charge in [0.2, 0.25) is 0 Å². The summed E-state index contributed by atoms with van der Waals surface area (Å²) in [6.07, 6.45) is -4.71. The maximum atomic E-state index is 13.5. The van der Waals surface area contributed by atoms with Crippen LogP contribution in [0.3, 0.4) is 0 Å². The number of anilines is 1. The molecule has 31 heavy (non-hydrogen) atoms. The molecule has 0 spiro atoms. The van der Waals surface area contributed by atoms with E-state index >= 15 is 0 Å². The topological polar surface area (TPSA) is 67.4 Å². The van der Waals surface area contributed by atoms with Crippen LogP contribution in [0.2, 0.25) is 5.02 Å². The number of urea groups is 1. The fourth-order valence-corrected chi connectivity index (χ4v) is 2.89. The molecule has 0 bridgehead atoms.